The quantitative estimate of drug-likeness (QED) is 0.477. The molecular formula is C10H9ClOS. The van der Waals surface area contributed by atoms with Gasteiger partial charge >= 0.3 is 0 Å². The fourth-order valence-electron chi connectivity index (χ4n) is 1.45. The summed E-state index contributed by atoms with van der Waals surface area (Å²) in [7, 11) is -0.356. The van der Waals surface area contributed by atoms with E-state index in [2.05, 4.69) is 6.07 Å². The highest BCUT2D eigenvalue weighted by Gasteiger charge is 2.18. The molecule has 3 heteroatoms. The van der Waals surface area contributed by atoms with Crippen LogP contribution in [0.25, 0.3) is 0 Å². The molecule has 0 saturated heterocycles. The molecule has 1 aromatic rings. The first-order chi connectivity index (χ1) is 6.31. The van der Waals surface area contributed by atoms with Crippen molar-refractivity contribution in [1.82, 2.24) is 0 Å². The van der Waals surface area contributed by atoms with Gasteiger partial charge in [-0.05, 0) is 11.1 Å². The van der Waals surface area contributed by atoms with E-state index >= 15 is 0 Å². The molecular weight excluding hydrogens is 204 g/mol. The lowest BCUT2D eigenvalue weighted by Crippen LogP contribution is -2.10. The lowest BCUT2D eigenvalue weighted by Gasteiger charge is -2.17. The largest absolute Gasteiger partial charge is 0.287 e. The van der Waals surface area contributed by atoms with Crippen molar-refractivity contribution < 1.29 is 4.79 Å². The molecule has 1 aliphatic rings. The number of hydrogen-bond acceptors (Lipinski definition) is 1. The van der Waals surface area contributed by atoms with Crippen LogP contribution in [-0.2, 0) is 17.0 Å². The third-order valence-electron chi connectivity index (χ3n) is 2.16. The average Bonchev–Trinajstić information content (AvgIpc) is 2.17. The summed E-state index contributed by atoms with van der Waals surface area (Å²) in [5, 5.41) is 0.258. The number of fused-ring (bicyclic) bond motifs is 1. The fraction of sp³-hybridized carbons (Fsp3) is 0.200. The Morgan fingerprint density at radius 3 is 2.69 bits per heavy atom. The Morgan fingerprint density at radius 2 is 2.00 bits per heavy atom. The van der Waals surface area contributed by atoms with Gasteiger partial charge in [-0.1, -0.05) is 35.9 Å². The van der Waals surface area contributed by atoms with Crippen molar-refractivity contribution in [3.8, 4) is 0 Å². The van der Waals surface area contributed by atoms with E-state index in [1.54, 1.807) is 0 Å². The van der Waals surface area contributed by atoms with E-state index < -0.39 is 0 Å². The second kappa shape index (κ2) is 3.64. The summed E-state index contributed by atoms with van der Waals surface area (Å²) < 4.78 is 0. The van der Waals surface area contributed by atoms with E-state index in [0.717, 1.165) is 11.3 Å². The van der Waals surface area contributed by atoms with Gasteiger partial charge in [0.1, 0.15) is 0 Å². The van der Waals surface area contributed by atoms with E-state index in [0.29, 0.717) is 6.42 Å². The van der Waals surface area contributed by atoms with Crippen molar-refractivity contribution in [2.24, 2.45) is 0 Å². The molecule has 1 atom stereocenters. The number of halogens is 1. The molecule has 13 heavy (non-hydrogen) atoms. The highest BCUT2D eigenvalue weighted by molar-refractivity contribution is 8.28. The standard InChI is InChI=1S/C10H9ClOS/c11-7-13-6-9-4-2-1-3-8(9)5-10(13)12/h1-4,7H,5-6H2. The Morgan fingerprint density at radius 1 is 1.31 bits per heavy atom. The first kappa shape index (κ1) is 8.97. The first-order valence-electron chi connectivity index (χ1n) is 4.04. The summed E-state index contributed by atoms with van der Waals surface area (Å²) in [6.45, 7) is 0. The lowest BCUT2D eigenvalue weighted by molar-refractivity contribution is -0.110. The molecule has 1 heterocycles. The number of rotatable bonds is 0. The van der Waals surface area contributed by atoms with Gasteiger partial charge < -0.3 is 0 Å². The maximum Gasteiger partial charge on any atom is 0.189 e. The Labute approximate surface area is 84.6 Å². The molecule has 68 valence electrons. The van der Waals surface area contributed by atoms with Crippen molar-refractivity contribution in [3.63, 3.8) is 0 Å². The molecule has 0 N–H and O–H groups in total. The zero-order chi connectivity index (χ0) is 9.26. The van der Waals surface area contributed by atoms with Crippen LogP contribution in [0.1, 0.15) is 11.1 Å². The minimum Gasteiger partial charge on any atom is -0.287 e. The smallest absolute Gasteiger partial charge is 0.189 e. The van der Waals surface area contributed by atoms with Gasteiger partial charge in [-0.2, -0.15) is 0 Å². The van der Waals surface area contributed by atoms with Crippen LogP contribution in [0.5, 0.6) is 0 Å². The van der Waals surface area contributed by atoms with Crippen LogP contribution in [0.2, 0.25) is 0 Å². The Kier molecular flexibility index (Phi) is 2.51. The Bertz CT molecular complexity index is 384. The van der Waals surface area contributed by atoms with Crippen LogP contribution in [0.15, 0.2) is 24.3 Å². The molecule has 1 aliphatic heterocycles. The van der Waals surface area contributed by atoms with Crippen LogP contribution >= 0.6 is 22.1 Å². The molecule has 2 rings (SSSR count). The molecule has 0 aromatic heterocycles. The summed E-state index contributed by atoms with van der Waals surface area (Å²) in [4.78, 5) is 13.0. The summed E-state index contributed by atoms with van der Waals surface area (Å²) >= 11 is 5.61. The van der Waals surface area contributed by atoms with Crippen molar-refractivity contribution in [2.75, 3.05) is 0 Å². The maximum absolute atomic E-state index is 11.5. The minimum atomic E-state index is -0.356. The van der Waals surface area contributed by atoms with Crippen molar-refractivity contribution in [3.05, 3.63) is 35.4 Å². The van der Waals surface area contributed by atoms with E-state index in [9.17, 15) is 4.79 Å². The predicted octanol–water partition coefficient (Wildman–Crippen LogP) is 2.54. The number of carbonyl (C=O) groups excluding carboxylic acids is 1. The van der Waals surface area contributed by atoms with E-state index in [-0.39, 0.29) is 15.6 Å². The van der Waals surface area contributed by atoms with E-state index in [1.165, 1.54) is 10.4 Å². The zero-order valence-corrected chi connectivity index (χ0v) is 8.57. The normalized spacial score (nSPS) is 21.6. The van der Waals surface area contributed by atoms with Crippen LogP contribution in [0, 0.1) is 0 Å². The van der Waals surface area contributed by atoms with Gasteiger partial charge in [-0.15, -0.1) is 10.5 Å². The molecule has 0 aliphatic carbocycles. The Balaban J connectivity index is 2.44. The van der Waals surface area contributed by atoms with E-state index in [4.69, 9.17) is 11.6 Å². The molecule has 0 spiro atoms. The average molecular weight is 213 g/mol. The predicted molar refractivity (Wildman–Crippen MR) is 58.4 cm³/mol. The third-order valence-corrected chi connectivity index (χ3v) is 4.38. The lowest BCUT2D eigenvalue weighted by atomic mass is 10.1. The van der Waals surface area contributed by atoms with Gasteiger partial charge in [-0.25, -0.2) is 0 Å². The molecule has 0 saturated carbocycles. The Hall–Kier alpha value is -0.600. The third kappa shape index (κ3) is 1.69. The summed E-state index contributed by atoms with van der Waals surface area (Å²) in [6, 6.07) is 8.06. The maximum atomic E-state index is 11.5. The SMILES string of the molecule is O=C1Cc2ccccc2CS1=CCl. The fourth-order valence-corrected chi connectivity index (χ4v) is 3.22. The molecule has 1 unspecified atom stereocenters. The summed E-state index contributed by atoms with van der Waals surface area (Å²) in [6.07, 6.45) is 0.544. The minimum absolute atomic E-state index is 0.258. The second-order valence-electron chi connectivity index (χ2n) is 2.98. The van der Waals surface area contributed by atoms with Gasteiger partial charge in [0.25, 0.3) is 0 Å². The number of carbonyl (C=O) groups is 1. The van der Waals surface area contributed by atoms with Gasteiger partial charge in [0.05, 0.1) is 0 Å². The monoisotopic (exact) mass is 212 g/mol. The first-order valence-corrected chi connectivity index (χ1v) is 5.93. The molecule has 0 amide bonds. The van der Waals surface area contributed by atoms with Crippen molar-refractivity contribution in [2.45, 2.75) is 12.2 Å². The highest BCUT2D eigenvalue weighted by atomic mass is 35.5. The van der Waals surface area contributed by atoms with Crippen molar-refractivity contribution in [1.29, 1.82) is 0 Å². The van der Waals surface area contributed by atoms with Gasteiger partial charge in [0.2, 0.25) is 0 Å². The van der Waals surface area contributed by atoms with Crippen molar-refractivity contribution >= 4 is 32.0 Å². The van der Waals surface area contributed by atoms with Crippen LogP contribution in [0.4, 0.5) is 0 Å². The molecule has 0 fully saturated rings. The van der Waals surface area contributed by atoms with Crippen LogP contribution in [0.3, 0.4) is 0 Å². The molecule has 1 nitrogen and oxygen atoms in total. The summed E-state index contributed by atoms with van der Waals surface area (Å²) in [5.74, 6) is 0.790. The summed E-state index contributed by atoms with van der Waals surface area (Å²) in [5.41, 5.74) is 2.43. The van der Waals surface area contributed by atoms with E-state index in [1.807, 2.05) is 18.2 Å². The number of hydrogen-bond donors (Lipinski definition) is 0. The highest BCUT2D eigenvalue weighted by Crippen LogP contribution is 2.30. The van der Waals surface area contributed by atoms with Crippen LogP contribution in [-0.4, -0.2) is 9.94 Å². The zero-order valence-electron chi connectivity index (χ0n) is 7.00. The van der Waals surface area contributed by atoms with Gasteiger partial charge in [0, 0.05) is 17.0 Å². The topological polar surface area (TPSA) is 17.1 Å². The van der Waals surface area contributed by atoms with Crippen LogP contribution < -0.4 is 0 Å². The molecule has 1 aromatic carbocycles. The molecule has 0 radical (unpaired) electrons. The van der Waals surface area contributed by atoms with Gasteiger partial charge in [0.15, 0.2) is 5.12 Å². The molecule has 0 bridgehead atoms. The number of benzene rings is 1. The van der Waals surface area contributed by atoms with Gasteiger partial charge in [-0.3, -0.25) is 4.79 Å². The second-order valence-corrected chi connectivity index (χ2v) is 5.29.